The molecule has 0 unspecified atom stereocenters. The molecule has 0 amide bonds. The minimum atomic E-state index is 0.705. The first kappa shape index (κ1) is 13.0. The SMILES string of the molecule is CCCN1CCN(c2ncnc(NN)c2C)CC1. The Hall–Kier alpha value is -1.40. The van der Waals surface area contributed by atoms with Crippen LogP contribution in [0.4, 0.5) is 11.6 Å². The number of aromatic nitrogens is 2. The second kappa shape index (κ2) is 5.97. The van der Waals surface area contributed by atoms with Gasteiger partial charge in [-0.25, -0.2) is 15.8 Å². The maximum atomic E-state index is 5.44. The zero-order valence-electron chi connectivity index (χ0n) is 11.2. The van der Waals surface area contributed by atoms with Crippen LogP contribution in [0.2, 0.25) is 0 Å². The molecule has 2 rings (SSSR count). The number of anilines is 2. The smallest absolute Gasteiger partial charge is 0.148 e. The van der Waals surface area contributed by atoms with Crippen LogP contribution in [-0.4, -0.2) is 47.6 Å². The highest BCUT2D eigenvalue weighted by molar-refractivity contribution is 5.57. The summed E-state index contributed by atoms with van der Waals surface area (Å²) in [4.78, 5) is 13.3. The van der Waals surface area contributed by atoms with E-state index in [0.717, 1.165) is 37.6 Å². The van der Waals surface area contributed by atoms with E-state index in [-0.39, 0.29) is 0 Å². The van der Waals surface area contributed by atoms with Crippen molar-refractivity contribution in [1.29, 1.82) is 0 Å². The van der Waals surface area contributed by atoms with Gasteiger partial charge < -0.3 is 10.3 Å². The molecule has 1 aromatic heterocycles. The van der Waals surface area contributed by atoms with Crippen molar-refractivity contribution in [3.05, 3.63) is 11.9 Å². The molecular weight excluding hydrogens is 228 g/mol. The zero-order chi connectivity index (χ0) is 13.0. The highest BCUT2D eigenvalue weighted by Crippen LogP contribution is 2.22. The van der Waals surface area contributed by atoms with Gasteiger partial charge in [0.1, 0.15) is 18.0 Å². The van der Waals surface area contributed by atoms with Crippen LogP contribution in [0.25, 0.3) is 0 Å². The summed E-state index contributed by atoms with van der Waals surface area (Å²) in [5, 5.41) is 0. The minimum Gasteiger partial charge on any atom is -0.354 e. The molecule has 0 atom stereocenters. The Balaban J connectivity index is 2.05. The maximum absolute atomic E-state index is 5.44. The van der Waals surface area contributed by atoms with E-state index < -0.39 is 0 Å². The fourth-order valence-corrected chi connectivity index (χ4v) is 2.40. The molecule has 1 fully saturated rings. The van der Waals surface area contributed by atoms with Crippen LogP contribution >= 0.6 is 0 Å². The fraction of sp³-hybridized carbons (Fsp3) is 0.667. The highest BCUT2D eigenvalue weighted by Gasteiger charge is 2.19. The Morgan fingerprint density at radius 2 is 2.00 bits per heavy atom. The van der Waals surface area contributed by atoms with Crippen molar-refractivity contribution in [2.45, 2.75) is 20.3 Å². The van der Waals surface area contributed by atoms with Crippen molar-refractivity contribution in [3.63, 3.8) is 0 Å². The molecule has 1 saturated heterocycles. The quantitative estimate of drug-likeness (QED) is 0.602. The van der Waals surface area contributed by atoms with Crippen LogP contribution in [-0.2, 0) is 0 Å². The number of nitrogens with two attached hydrogens (primary N) is 1. The average molecular weight is 250 g/mol. The van der Waals surface area contributed by atoms with Crippen LogP contribution in [0.3, 0.4) is 0 Å². The van der Waals surface area contributed by atoms with E-state index in [1.165, 1.54) is 13.0 Å². The molecule has 1 aliphatic heterocycles. The monoisotopic (exact) mass is 250 g/mol. The number of nitrogen functional groups attached to an aromatic ring is 1. The summed E-state index contributed by atoms with van der Waals surface area (Å²) in [5.74, 6) is 7.14. The Kier molecular flexibility index (Phi) is 4.33. The molecule has 18 heavy (non-hydrogen) atoms. The van der Waals surface area contributed by atoms with Gasteiger partial charge >= 0.3 is 0 Å². The van der Waals surface area contributed by atoms with Gasteiger partial charge in [-0.1, -0.05) is 6.92 Å². The van der Waals surface area contributed by atoms with Crippen molar-refractivity contribution in [2.75, 3.05) is 43.0 Å². The third-order valence-corrected chi connectivity index (χ3v) is 3.41. The molecule has 0 spiro atoms. The number of nitrogens with zero attached hydrogens (tertiary/aromatic N) is 4. The number of hydrogen-bond donors (Lipinski definition) is 2. The Bertz CT molecular complexity index is 386. The van der Waals surface area contributed by atoms with Crippen molar-refractivity contribution < 1.29 is 0 Å². The summed E-state index contributed by atoms with van der Waals surface area (Å²) in [5.41, 5.74) is 3.63. The van der Waals surface area contributed by atoms with Crippen LogP contribution in [0.1, 0.15) is 18.9 Å². The van der Waals surface area contributed by atoms with Crippen LogP contribution in [0, 0.1) is 6.92 Å². The Morgan fingerprint density at radius 3 is 2.61 bits per heavy atom. The predicted octanol–water partition coefficient (Wildman–Crippen LogP) is 0.603. The molecule has 100 valence electrons. The normalized spacial score (nSPS) is 16.9. The molecule has 0 saturated carbocycles. The number of piperazine rings is 1. The minimum absolute atomic E-state index is 0.705. The molecule has 0 aliphatic carbocycles. The van der Waals surface area contributed by atoms with Gasteiger partial charge in [-0.2, -0.15) is 0 Å². The molecule has 2 heterocycles. The lowest BCUT2D eigenvalue weighted by molar-refractivity contribution is 0.258. The Labute approximate surface area is 108 Å². The fourth-order valence-electron chi connectivity index (χ4n) is 2.40. The number of rotatable bonds is 4. The third kappa shape index (κ3) is 2.70. The summed E-state index contributed by atoms with van der Waals surface area (Å²) in [6.45, 7) is 9.64. The first-order valence-corrected chi connectivity index (χ1v) is 6.51. The summed E-state index contributed by atoms with van der Waals surface area (Å²) >= 11 is 0. The van der Waals surface area contributed by atoms with E-state index in [2.05, 4.69) is 32.1 Å². The van der Waals surface area contributed by atoms with E-state index in [1.807, 2.05) is 6.92 Å². The molecule has 0 radical (unpaired) electrons. The van der Waals surface area contributed by atoms with Gasteiger partial charge in [-0.05, 0) is 19.9 Å². The number of nitrogens with one attached hydrogen (secondary N) is 1. The Morgan fingerprint density at radius 1 is 1.28 bits per heavy atom. The first-order valence-electron chi connectivity index (χ1n) is 6.51. The molecule has 1 aromatic rings. The van der Waals surface area contributed by atoms with Gasteiger partial charge in [-0.15, -0.1) is 0 Å². The van der Waals surface area contributed by atoms with Crippen molar-refractivity contribution >= 4 is 11.6 Å². The van der Waals surface area contributed by atoms with Crippen molar-refractivity contribution in [1.82, 2.24) is 14.9 Å². The lowest BCUT2D eigenvalue weighted by Crippen LogP contribution is -2.47. The second-order valence-electron chi connectivity index (χ2n) is 4.64. The number of hydrogen-bond acceptors (Lipinski definition) is 6. The van der Waals surface area contributed by atoms with E-state index >= 15 is 0 Å². The van der Waals surface area contributed by atoms with E-state index in [1.54, 1.807) is 6.33 Å². The van der Waals surface area contributed by atoms with Gasteiger partial charge in [-0.3, -0.25) is 4.90 Å². The van der Waals surface area contributed by atoms with E-state index in [4.69, 9.17) is 5.84 Å². The van der Waals surface area contributed by atoms with Crippen LogP contribution in [0.5, 0.6) is 0 Å². The van der Waals surface area contributed by atoms with Crippen molar-refractivity contribution in [2.24, 2.45) is 5.84 Å². The summed E-state index contributed by atoms with van der Waals surface area (Å²) in [6.07, 6.45) is 2.78. The molecule has 0 aromatic carbocycles. The lowest BCUT2D eigenvalue weighted by atomic mass is 10.2. The largest absolute Gasteiger partial charge is 0.354 e. The number of hydrazine groups is 1. The van der Waals surface area contributed by atoms with Gasteiger partial charge in [0.25, 0.3) is 0 Å². The average Bonchev–Trinajstić information content (AvgIpc) is 2.41. The molecule has 6 heteroatoms. The van der Waals surface area contributed by atoms with E-state index in [0.29, 0.717) is 5.82 Å². The lowest BCUT2D eigenvalue weighted by Gasteiger charge is -2.35. The zero-order valence-corrected chi connectivity index (χ0v) is 11.2. The molecule has 1 aliphatic rings. The van der Waals surface area contributed by atoms with Crippen LogP contribution in [0.15, 0.2) is 6.33 Å². The first-order chi connectivity index (χ1) is 8.76. The summed E-state index contributed by atoms with van der Waals surface area (Å²) < 4.78 is 0. The van der Waals surface area contributed by atoms with Gasteiger partial charge in [0.15, 0.2) is 0 Å². The second-order valence-corrected chi connectivity index (χ2v) is 4.64. The van der Waals surface area contributed by atoms with Crippen molar-refractivity contribution in [3.8, 4) is 0 Å². The highest BCUT2D eigenvalue weighted by atomic mass is 15.3. The van der Waals surface area contributed by atoms with E-state index in [9.17, 15) is 0 Å². The molecule has 3 N–H and O–H groups in total. The maximum Gasteiger partial charge on any atom is 0.148 e. The van der Waals surface area contributed by atoms with Gasteiger partial charge in [0.05, 0.1) is 0 Å². The third-order valence-electron chi connectivity index (χ3n) is 3.41. The summed E-state index contributed by atoms with van der Waals surface area (Å²) in [6, 6.07) is 0. The van der Waals surface area contributed by atoms with Crippen LogP contribution < -0.4 is 16.2 Å². The topological polar surface area (TPSA) is 70.3 Å². The molecular formula is C12H22N6. The molecule has 6 nitrogen and oxygen atoms in total. The van der Waals surface area contributed by atoms with Gasteiger partial charge in [0.2, 0.25) is 0 Å². The predicted molar refractivity (Wildman–Crippen MR) is 73.5 cm³/mol. The van der Waals surface area contributed by atoms with Gasteiger partial charge in [0, 0.05) is 31.7 Å². The molecule has 0 bridgehead atoms. The standard InChI is InChI=1S/C12H22N6/c1-3-4-17-5-7-18(8-6-17)12-10(2)11(16-13)14-9-15-12/h9H,3-8,13H2,1-2H3,(H,14,15,16). The summed E-state index contributed by atoms with van der Waals surface area (Å²) in [7, 11) is 0.